The van der Waals surface area contributed by atoms with Crippen LogP contribution >= 0.6 is 34.7 Å². The second-order valence-electron chi connectivity index (χ2n) is 5.16. The van der Waals surface area contributed by atoms with Gasteiger partial charge in [-0.25, -0.2) is 15.0 Å². The summed E-state index contributed by atoms with van der Waals surface area (Å²) in [6.45, 7) is 1.95. The largest absolute Gasteiger partial charge is 0.497 e. The molecule has 1 amide bonds. The normalized spacial score (nSPS) is 10.6. The van der Waals surface area contributed by atoms with Crippen LogP contribution < -0.4 is 10.1 Å². The maximum atomic E-state index is 12.5. The number of aromatic nitrogens is 3. The molecule has 1 N–H and O–H groups in total. The van der Waals surface area contributed by atoms with Crippen LogP contribution in [0.2, 0.25) is 5.02 Å². The third-order valence-corrected chi connectivity index (χ3v) is 5.22. The molecule has 3 rings (SSSR count). The first-order valence-electron chi connectivity index (χ1n) is 7.51. The van der Waals surface area contributed by atoms with Gasteiger partial charge in [0, 0.05) is 10.4 Å². The van der Waals surface area contributed by atoms with Crippen LogP contribution in [0.5, 0.6) is 5.75 Å². The first kappa shape index (κ1) is 18.6. The topological polar surface area (TPSA) is 77.0 Å². The van der Waals surface area contributed by atoms with Gasteiger partial charge < -0.3 is 4.74 Å². The molecule has 0 radical (unpaired) electrons. The Morgan fingerprint density at radius 3 is 2.65 bits per heavy atom. The molecular weight excluding hydrogens is 392 g/mol. The number of carbonyl (C=O) groups is 1. The highest BCUT2D eigenvalue weighted by molar-refractivity contribution is 7.98. The second kappa shape index (κ2) is 8.03. The van der Waals surface area contributed by atoms with E-state index in [1.807, 2.05) is 37.4 Å². The monoisotopic (exact) mass is 406 g/mol. The fourth-order valence-corrected chi connectivity index (χ4v) is 3.58. The van der Waals surface area contributed by atoms with E-state index in [9.17, 15) is 4.79 Å². The molecule has 0 bridgehead atoms. The third kappa shape index (κ3) is 3.98. The summed E-state index contributed by atoms with van der Waals surface area (Å²) in [5, 5.41) is 3.93. The van der Waals surface area contributed by atoms with Gasteiger partial charge in [-0.05, 0) is 37.4 Å². The van der Waals surface area contributed by atoms with Gasteiger partial charge in [-0.3, -0.25) is 10.1 Å². The molecule has 3 aromatic rings. The minimum absolute atomic E-state index is 0.130. The summed E-state index contributed by atoms with van der Waals surface area (Å²) in [6, 6.07) is 7.60. The number of aryl methyl sites for hydroxylation is 1. The molecule has 1 aromatic carbocycles. The molecule has 26 heavy (non-hydrogen) atoms. The fraction of sp³-hybridized carbons (Fsp3) is 0.176. The van der Waals surface area contributed by atoms with Gasteiger partial charge >= 0.3 is 0 Å². The minimum atomic E-state index is -0.414. The zero-order chi connectivity index (χ0) is 18.7. The molecule has 0 saturated heterocycles. The number of ether oxygens (including phenoxy) is 1. The Morgan fingerprint density at radius 1 is 1.27 bits per heavy atom. The highest BCUT2D eigenvalue weighted by Crippen LogP contribution is 2.31. The Kier molecular flexibility index (Phi) is 5.75. The Morgan fingerprint density at radius 2 is 2.00 bits per heavy atom. The van der Waals surface area contributed by atoms with Gasteiger partial charge in [0.1, 0.15) is 5.75 Å². The van der Waals surface area contributed by atoms with Gasteiger partial charge in [0.25, 0.3) is 5.91 Å². The number of nitrogens with one attached hydrogen (secondary N) is 1. The van der Waals surface area contributed by atoms with Crippen LogP contribution in [0.4, 0.5) is 5.13 Å². The molecule has 0 aliphatic rings. The van der Waals surface area contributed by atoms with E-state index in [4.69, 9.17) is 16.3 Å². The molecule has 2 aromatic heterocycles. The Balaban J connectivity index is 1.84. The van der Waals surface area contributed by atoms with Crippen LogP contribution in [-0.2, 0) is 0 Å². The van der Waals surface area contributed by atoms with Crippen LogP contribution in [0, 0.1) is 6.92 Å². The summed E-state index contributed by atoms with van der Waals surface area (Å²) in [6.07, 6.45) is 3.25. The smallest absolute Gasteiger partial charge is 0.277 e. The molecule has 0 fully saturated rings. The lowest BCUT2D eigenvalue weighted by atomic mass is 10.1. The van der Waals surface area contributed by atoms with E-state index in [1.54, 1.807) is 7.11 Å². The van der Waals surface area contributed by atoms with Crippen molar-refractivity contribution in [1.82, 2.24) is 15.0 Å². The van der Waals surface area contributed by atoms with Crippen LogP contribution in [0.25, 0.3) is 11.3 Å². The number of methoxy groups -OCH3 is 1. The van der Waals surface area contributed by atoms with Gasteiger partial charge in [0.05, 0.1) is 24.0 Å². The van der Waals surface area contributed by atoms with Crippen molar-refractivity contribution >= 4 is 45.7 Å². The molecule has 6 nitrogen and oxygen atoms in total. The predicted molar refractivity (Wildman–Crippen MR) is 106 cm³/mol. The lowest BCUT2D eigenvalue weighted by molar-refractivity contribution is 0.102. The number of amides is 1. The summed E-state index contributed by atoms with van der Waals surface area (Å²) >= 11 is 8.78. The first-order chi connectivity index (χ1) is 12.5. The number of thiazole rings is 1. The van der Waals surface area contributed by atoms with E-state index in [0.29, 0.717) is 10.3 Å². The fourth-order valence-electron chi connectivity index (χ4n) is 2.23. The van der Waals surface area contributed by atoms with Crippen molar-refractivity contribution in [3.05, 3.63) is 46.1 Å². The number of rotatable bonds is 5. The van der Waals surface area contributed by atoms with Crippen LogP contribution in [-0.4, -0.2) is 34.2 Å². The van der Waals surface area contributed by atoms with E-state index in [1.165, 1.54) is 29.3 Å². The molecule has 2 heterocycles. The van der Waals surface area contributed by atoms with E-state index in [2.05, 4.69) is 20.3 Å². The number of hydrogen-bond acceptors (Lipinski definition) is 7. The average molecular weight is 407 g/mol. The van der Waals surface area contributed by atoms with Gasteiger partial charge in [-0.15, -0.1) is 11.3 Å². The summed E-state index contributed by atoms with van der Waals surface area (Å²) in [4.78, 5) is 26.2. The van der Waals surface area contributed by atoms with E-state index in [0.717, 1.165) is 21.9 Å². The first-order valence-corrected chi connectivity index (χ1v) is 9.93. The number of carbonyl (C=O) groups excluding carboxylic acids is 1. The predicted octanol–water partition coefficient (Wildman–Crippen LogP) is 4.54. The number of hydrogen-bond donors (Lipinski definition) is 1. The molecular formula is C17H15ClN4O2S2. The quantitative estimate of drug-likeness (QED) is 0.495. The summed E-state index contributed by atoms with van der Waals surface area (Å²) < 4.78 is 5.17. The van der Waals surface area contributed by atoms with E-state index in [-0.39, 0.29) is 10.7 Å². The Hall–Kier alpha value is -2.16. The van der Waals surface area contributed by atoms with Gasteiger partial charge in [0.2, 0.25) is 0 Å². The summed E-state index contributed by atoms with van der Waals surface area (Å²) in [5.41, 5.74) is 1.89. The van der Waals surface area contributed by atoms with Crippen LogP contribution in [0.15, 0.2) is 35.6 Å². The van der Waals surface area contributed by atoms with E-state index >= 15 is 0 Å². The molecule has 0 unspecified atom stereocenters. The second-order valence-corrected chi connectivity index (χ2v) is 7.54. The van der Waals surface area contributed by atoms with Crippen molar-refractivity contribution in [3.8, 4) is 17.0 Å². The van der Waals surface area contributed by atoms with Crippen molar-refractivity contribution in [1.29, 1.82) is 0 Å². The van der Waals surface area contributed by atoms with Crippen LogP contribution in [0.3, 0.4) is 0 Å². The van der Waals surface area contributed by atoms with Crippen LogP contribution in [0.1, 0.15) is 15.4 Å². The molecule has 0 atom stereocenters. The van der Waals surface area contributed by atoms with Crippen molar-refractivity contribution < 1.29 is 9.53 Å². The standard InChI is InChI=1S/C17H15ClN4O2S2/c1-9-13(10-4-6-11(24-2)7-5-10)20-17(26-9)22-15(23)14-12(18)8-19-16(21-14)25-3/h4-8H,1-3H3,(H,20,22,23). The average Bonchev–Trinajstić information content (AvgIpc) is 3.02. The molecule has 0 spiro atoms. The summed E-state index contributed by atoms with van der Waals surface area (Å²) in [5.74, 6) is 0.362. The van der Waals surface area contributed by atoms with Crippen molar-refractivity contribution in [2.75, 3.05) is 18.7 Å². The minimum Gasteiger partial charge on any atom is -0.497 e. The molecule has 9 heteroatoms. The van der Waals surface area contributed by atoms with Gasteiger partial charge in [-0.2, -0.15) is 0 Å². The van der Waals surface area contributed by atoms with Crippen molar-refractivity contribution in [2.24, 2.45) is 0 Å². The number of thioether (sulfide) groups is 1. The Labute approximate surface area is 164 Å². The van der Waals surface area contributed by atoms with Gasteiger partial charge in [0.15, 0.2) is 16.0 Å². The van der Waals surface area contributed by atoms with Gasteiger partial charge in [-0.1, -0.05) is 23.4 Å². The highest BCUT2D eigenvalue weighted by atomic mass is 35.5. The number of anilines is 1. The van der Waals surface area contributed by atoms with Crippen molar-refractivity contribution in [2.45, 2.75) is 12.1 Å². The highest BCUT2D eigenvalue weighted by Gasteiger charge is 2.17. The lowest BCUT2D eigenvalue weighted by Crippen LogP contribution is -2.15. The third-order valence-electron chi connectivity index (χ3n) is 3.50. The lowest BCUT2D eigenvalue weighted by Gasteiger charge is -2.04. The number of halogens is 1. The maximum absolute atomic E-state index is 12.5. The van der Waals surface area contributed by atoms with Crippen molar-refractivity contribution in [3.63, 3.8) is 0 Å². The molecule has 0 aliphatic heterocycles. The maximum Gasteiger partial charge on any atom is 0.277 e. The molecule has 134 valence electrons. The molecule has 0 aliphatic carbocycles. The summed E-state index contributed by atoms with van der Waals surface area (Å²) in [7, 11) is 1.62. The zero-order valence-electron chi connectivity index (χ0n) is 14.2. The molecule has 0 saturated carbocycles. The number of benzene rings is 1. The Bertz CT molecular complexity index is 944. The zero-order valence-corrected chi connectivity index (χ0v) is 16.6. The van der Waals surface area contributed by atoms with E-state index < -0.39 is 5.91 Å². The number of nitrogens with zero attached hydrogens (tertiary/aromatic N) is 3. The SMILES string of the molecule is COc1ccc(-c2nc(NC(=O)c3nc(SC)ncc3Cl)sc2C)cc1.